The largest absolute Gasteiger partial charge is 0.478 e. The molecule has 1 unspecified atom stereocenters. The molecule has 0 aliphatic carbocycles. The molecule has 0 saturated carbocycles. The Morgan fingerprint density at radius 2 is 1.79 bits per heavy atom. The first-order valence-electron chi connectivity index (χ1n) is 9.55. The zero-order valence-corrected chi connectivity index (χ0v) is 18.7. The van der Waals surface area contributed by atoms with E-state index in [2.05, 4.69) is 10.0 Å². The van der Waals surface area contributed by atoms with E-state index in [-0.39, 0.29) is 29.4 Å². The molecule has 1 aromatic heterocycles. The van der Waals surface area contributed by atoms with Crippen LogP contribution in [0.15, 0.2) is 64.1 Å². The Balaban J connectivity index is 1.77. The number of aliphatic hydroxyl groups is 1. The highest BCUT2D eigenvalue weighted by Crippen LogP contribution is 2.33. The zero-order chi connectivity index (χ0) is 25.1. The Hall–Kier alpha value is -3.06. The van der Waals surface area contributed by atoms with Gasteiger partial charge in [-0.15, -0.1) is 0 Å². The normalized spacial score (nSPS) is 13.0. The lowest BCUT2D eigenvalue weighted by molar-refractivity contribution is -0.206. The molecule has 0 spiro atoms. The second-order valence-electron chi connectivity index (χ2n) is 7.08. The number of sulfonamides is 1. The maximum Gasteiger partial charge on any atom is 0.418 e. The fraction of sp³-hybridized carbons (Fsp3) is 0.190. The lowest BCUT2D eigenvalue weighted by Gasteiger charge is -2.15. The van der Waals surface area contributed by atoms with Crippen LogP contribution in [0.2, 0.25) is 5.02 Å². The van der Waals surface area contributed by atoms with Crippen molar-refractivity contribution in [1.29, 1.82) is 0 Å². The van der Waals surface area contributed by atoms with Crippen molar-refractivity contribution in [3.05, 3.63) is 82.3 Å². The van der Waals surface area contributed by atoms with E-state index in [1.807, 2.05) is 0 Å². The number of carboxylic acids is 1. The molecule has 0 radical (unpaired) electrons. The summed E-state index contributed by atoms with van der Waals surface area (Å²) in [5.41, 5.74) is -0.368. The van der Waals surface area contributed by atoms with E-state index in [4.69, 9.17) is 16.0 Å². The summed E-state index contributed by atoms with van der Waals surface area (Å²) in [5.74, 6) is -0.881. The van der Waals surface area contributed by atoms with Gasteiger partial charge in [0.15, 0.2) is 6.10 Å². The van der Waals surface area contributed by atoms with Gasteiger partial charge in [-0.3, -0.25) is 0 Å². The molecule has 3 rings (SSSR count). The molecule has 3 aromatic rings. The topological polar surface area (TPSA) is 129 Å². The summed E-state index contributed by atoms with van der Waals surface area (Å²) in [4.78, 5) is 11.2. The van der Waals surface area contributed by atoms with Crippen molar-refractivity contribution in [1.82, 2.24) is 4.72 Å². The molecule has 13 heteroatoms. The van der Waals surface area contributed by atoms with Crippen LogP contribution in [-0.4, -0.2) is 30.8 Å². The van der Waals surface area contributed by atoms with Crippen molar-refractivity contribution < 1.29 is 41.0 Å². The number of aromatic carboxylic acids is 1. The summed E-state index contributed by atoms with van der Waals surface area (Å²) in [7, 11) is -4.29. The summed E-state index contributed by atoms with van der Waals surface area (Å²) < 4.78 is 70.7. The number of nitrogens with one attached hydrogen (secondary N) is 2. The molecule has 8 nitrogen and oxygen atoms in total. The van der Waals surface area contributed by atoms with E-state index >= 15 is 0 Å². The summed E-state index contributed by atoms with van der Waals surface area (Å²) >= 11 is 6.12. The zero-order valence-electron chi connectivity index (χ0n) is 17.1. The van der Waals surface area contributed by atoms with E-state index < -0.39 is 38.7 Å². The second kappa shape index (κ2) is 10.1. The molecular weight excluding hydrogens is 501 g/mol. The van der Waals surface area contributed by atoms with E-state index in [1.165, 1.54) is 18.4 Å². The molecule has 0 aliphatic rings. The molecule has 0 saturated heterocycles. The van der Waals surface area contributed by atoms with E-state index in [1.54, 1.807) is 12.1 Å². The summed E-state index contributed by atoms with van der Waals surface area (Å²) in [6.45, 7) is -0.186. The lowest BCUT2D eigenvalue weighted by Crippen LogP contribution is -2.24. The number of benzene rings is 2. The minimum Gasteiger partial charge on any atom is -0.478 e. The minimum atomic E-state index is -4.83. The van der Waals surface area contributed by atoms with Gasteiger partial charge in [0, 0.05) is 6.54 Å². The first-order chi connectivity index (χ1) is 15.9. The van der Waals surface area contributed by atoms with Gasteiger partial charge in [0.1, 0.15) is 10.7 Å². The van der Waals surface area contributed by atoms with Gasteiger partial charge < -0.3 is 19.9 Å². The Morgan fingerprint density at radius 1 is 1.12 bits per heavy atom. The molecule has 0 amide bonds. The number of carbonyl (C=O) groups is 1. The molecule has 34 heavy (non-hydrogen) atoms. The monoisotopic (exact) mass is 518 g/mol. The predicted octanol–water partition coefficient (Wildman–Crippen LogP) is 4.32. The highest BCUT2D eigenvalue weighted by Gasteiger charge is 2.39. The quantitative estimate of drug-likeness (QED) is 0.332. The fourth-order valence-electron chi connectivity index (χ4n) is 2.94. The fourth-order valence-corrected chi connectivity index (χ4v) is 4.51. The van der Waals surface area contributed by atoms with Crippen LogP contribution in [0.3, 0.4) is 0 Å². The molecule has 0 bridgehead atoms. The number of halogens is 4. The molecule has 1 heterocycles. The van der Waals surface area contributed by atoms with E-state index in [0.717, 1.165) is 24.3 Å². The van der Waals surface area contributed by atoms with Crippen molar-refractivity contribution in [2.45, 2.75) is 30.3 Å². The third-order valence-corrected chi connectivity index (χ3v) is 6.56. The Morgan fingerprint density at radius 3 is 2.35 bits per heavy atom. The standard InChI is InChI=1S/C21H18ClF3N2O6S/c22-16-9-17(26-11-14-2-1-7-33-14)15(20(29)30)8-18(16)34(31,32)27-10-12-3-5-13(6-4-12)19(28)21(23,24)25/h1-9,19,26-28H,10-11H2,(H,29,30). The molecule has 1 atom stereocenters. The first kappa shape index (κ1) is 25.6. The van der Waals surface area contributed by atoms with Crippen molar-refractivity contribution in [3.63, 3.8) is 0 Å². The van der Waals surface area contributed by atoms with E-state index in [9.17, 15) is 36.6 Å². The molecule has 4 N–H and O–H groups in total. The molecular formula is C21H18ClF3N2O6S. The van der Waals surface area contributed by atoms with Gasteiger partial charge in [-0.05, 0) is 35.4 Å². The van der Waals surface area contributed by atoms with Crippen molar-refractivity contribution in [3.8, 4) is 0 Å². The predicted molar refractivity (Wildman–Crippen MR) is 116 cm³/mol. The van der Waals surface area contributed by atoms with Gasteiger partial charge in [0.05, 0.1) is 29.1 Å². The molecule has 182 valence electrons. The van der Waals surface area contributed by atoms with Gasteiger partial charge in [0.25, 0.3) is 0 Å². The van der Waals surface area contributed by atoms with Gasteiger partial charge in [-0.2, -0.15) is 13.2 Å². The van der Waals surface area contributed by atoms with Crippen LogP contribution in [0.5, 0.6) is 0 Å². The maximum absolute atomic E-state index is 12.8. The van der Waals surface area contributed by atoms with Crippen molar-refractivity contribution in [2.75, 3.05) is 5.32 Å². The molecule has 2 aromatic carbocycles. The Kier molecular flexibility index (Phi) is 7.56. The van der Waals surface area contributed by atoms with Crippen molar-refractivity contribution in [2.24, 2.45) is 0 Å². The summed E-state index contributed by atoms with van der Waals surface area (Å²) in [6.07, 6.45) is -6.05. The smallest absolute Gasteiger partial charge is 0.418 e. The highest BCUT2D eigenvalue weighted by atomic mass is 35.5. The van der Waals surface area contributed by atoms with Crippen LogP contribution in [0, 0.1) is 0 Å². The van der Waals surface area contributed by atoms with Gasteiger partial charge in [-0.1, -0.05) is 35.9 Å². The SMILES string of the molecule is O=C(O)c1cc(S(=O)(=O)NCc2ccc(C(O)C(F)(F)F)cc2)c(Cl)cc1NCc1ccco1. The van der Waals surface area contributed by atoms with Crippen LogP contribution in [-0.2, 0) is 23.1 Å². The van der Waals surface area contributed by atoms with E-state index in [0.29, 0.717) is 11.3 Å². The third kappa shape index (κ3) is 6.08. The average molecular weight is 519 g/mol. The number of anilines is 1. The number of rotatable bonds is 9. The lowest BCUT2D eigenvalue weighted by atomic mass is 10.1. The van der Waals surface area contributed by atoms with Crippen LogP contribution in [0.1, 0.15) is 33.3 Å². The number of hydrogen-bond acceptors (Lipinski definition) is 6. The van der Waals surface area contributed by atoms with Gasteiger partial charge >= 0.3 is 12.1 Å². The Labute approximate surface area is 197 Å². The van der Waals surface area contributed by atoms with Crippen LogP contribution in [0.4, 0.5) is 18.9 Å². The minimum absolute atomic E-state index is 0.0756. The van der Waals surface area contributed by atoms with Crippen LogP contribution >= 0.6 is 11.6 Å². The number of aliphatic hydroxyl groups excluding tert-OH is 1. The summed E-state index contributed by atoms with van der Waals surface area (Å²) in [6, 6.07) is 9.87. The highest BCUT2D eigenvalue weighted by molar-refractivity contribution is 7.89. The maximum atomic E-state index is 12.8. The number of furan rings is 1. The first-order valence-corrected chi connectivity index (χ1v) is 11.4. The number of carboxylic acid groups (broad SMARTS) is 1. The molecule has 0 aliphatic heterocycles. The van der Waals surface area contributed by atoms with Gasteiger partial charge in [0.2, 0.25) is 10.0 Å². The average Bonchev–Trinajstić information content (AvgIpc) is 3.29. The third-order valence-electron chi connectivity index (χ3n) is 4.70. The van der Waals surface area contributed by atoms with Gasteiger partial charge in [-0.25, -0.2) is 17.9 Å². The Bertz CT molecular complexity index is 1260. The number of alkyl halides is 3. The van der Waals surface area contributed by atoms with Crippen molar-refractivity contribution >= 4 is 33.3 Å². The number of hydrogen-bond donors (Lipinski definition) is 4. The second-order valence-corrected chi connectivity index (χ2v) is 9.22. The van der Waals surface area contributed by atoms with Crippen LogP contribution < -0.4 is 10.0 Å². The van der Waals surface area contributed by atoms with Crippen LogP contribution in [0.25, 0.3) is 0 Å². The summed E-state index contributed by atoms with van der Waals surface area (Å²) in [5, 5.41) is 21.4. The molecule has 0 fully saturated rings.